The van der Waals surface area contributed by atoms with Crippen molar-refractivity contribution < 1.29 is 29.9 Å². The number of pyridine rings is 1. The van der Waals surface area contributed by atoms with Gasteiger partial charge in [-0.3, -0.25) is 4.98 Å². The van der Waals surface area contributed by atoms with E-state index >= 15 is 0 Å². The Morgan fingerprint density at radius 2 is 1.77 bits per heavy atom. The molecule has 22 heavy (non-hydrogen) atoms. The Kier molecular flexibility index (Phi) is 4.23. The van der Waals surface area contributed by atoms with Crippen molar-refractivity contribution in [2.75, 3.05) is 6.61 Å². The highest BCUT2D eigenvalue weighted by Crippen LogP contribution is 2.25. The molecule has 4 N–H and O–H groups in total. The minimum atomic E-state index is -1.57. The molecular formula is C15H17NO6. The number of para-hydroxylation sites is 1. The maximum atomic E-state index is 9.88. The maximum absolute atomic E-state index is 9.88. The van der Waals surface area contributed by atoms with Crippen molar-refractivity contribution in [3.05, 3.63) is 36.5 Å². The molecule has 0 bridgehead atoms. The van der Waals surface area contributed by atoms with Gasteiger partial charge in [0.1, 0.15) is 42.3 Å². The number of rotatable bonds is 3. The quantitative estimate of drug-likeness (QED) is 0.600. The van der Waals surface area contributed by atoms with Crippen LogP contribution in [0.3, 0.4) is 0 Å². The van der Waals surface area contributed by atoms with Gasteiger partial charge < -0.3 is 29.9 Å². The molecule has 2 heterocycles. The smallest absolute Gasteiger partial charge is 0.184 e. The van der Waals surface area contributed by atoms with Crippen molar-refractivity contribution in [1.29, 1.82) is 0 Å². The van der Waals surface area contributed by atoms with E-state index in [1.165, 1.54) is 0 Å². The highest BCUT2D eigenvalue weighted by Gasteiger charge is 2.43. The van der Waals surface area contributed by atoms with Gasteiger partial charge in [0.2, 0.25) is 0 Å². The molecule has 118 valence electrons. The van der Waals surface area contributed by atoms with Gasteiger partial charge in [0.25, 0.3) is 0 Å². The molecule has 5 atom stereocenters. The van der Waals surface area contributed by atoms with Gasteiger partial charge in [-0.25, -0.2) is 0 Å². The highest BCUT2D eigenvalue weighted by molar-refractivity contribution is 5.84. The fraction of sp³-hybridized carbons (Fsp3) is 0.400. The van der Waals surface area contributed by atoms with Crippen LogP contribution in [0, 0.1) is 0 Å². The van der Waals surface area contributed by atoms with Crippen molar-refractivity contribution in [2.45, 2.75) is 30.7 Å². The summed E-state index contributed by atoms with van der Waals surface area (Å²) in [5.74, 6) is 0.504. The lowest BCUT2D eigenvalue weighted by atomic mass is 9.99. The highest BCUT2D eigenvalue weighted by atomic mass is 16.6. The molecule has 1 aromatic carbocycles. The zero-order valence-electron chi connectivity index (χ0n) is 11.6. The van der Waals surface area contributed by atoms with E-state index in [9.17, 15) is 20.4 Å². The average molecular weight is 307 g/mol. The van der Waals surface area contributed by atoms with Crippen LogP contribution in [0.4, 0.5) is 0 Å². The van der Waals surface area contributed by atoms with Gasteiger partial charge in [-0.2, -0.15) is 0 Å². The van der Waals surface area contributed by atoms with E-state index in [-0.39, 0.29) is 6.61 Å². The average Bonchev–Trinajstić information content (AvgIpc) is 2.55. The first-order valence-corrected chi connectivity index (χ1v) is 6.92. The van der Waals surface area contributed by atoms with Crippen LogP contribution < -0.4 is 4.74 Å². The molecule has 3 rings (SSSR count). The van der Waals surface area contributed by atoms with Crippen LogP contribution in [-0.4, -0.2) is 62.7 Å². The Bertz CT molecular complexity index is 645. The molecule has 1 aromatic heterocycles. The number of ether oxygens (including phenoxy) is 2. The van der Waals surface area contributed by atoms with E-state index in [4.69, 9.17) is 9.47 Å². The summed E-state index contributed by atoms with van der Waals surface area (Å²) in [4.78, 5) is 4.24. The van der Waals surface area contributed by atoms with E-state index < -0.39 is 30.7 Å². The second-order valence-electron chi connectivity index (χ2n) is 5.18. The standard InChI is InChI=1S/C15H17NO6/c17-12-10(22-15(20)14(19)13(12)18)7-21-9-5-1-3-8-4-2-6-16-11(8)9/h1-6,10,12-15,17-20H,7H2/t10-,12-,13+,14-,15-/m1/s1. The number of aliphatic hydroxyl groups is 4. The number of benzene rings is 1. The van der Waals surface area contributed by atoms with Gasteiger partial charge in [-0.05, 0) is 12.1 Å². The molecule has 0 spiro atoms. The molecule has 1 saturated heterocycles. The van der Waals surface area contributed by atoms with Crippen LogP contribution in [0.15, 0.2) is 36.5 Å². The normalized spacial score (nSPS) is 32.1. The predicted molar refractivity (Wildman–Crippen MR) is 76.1 cm³/mol. The summed E-state index contributed by atoms with van der Waals surface area (Å²) in [6, 6.07) is 9.14. The number of hydrogen-bond donors (Lipinski definition) is 4. The molecule has 2 aromatic rings. The molecule has 7 heteroatoms. The van der Waals surface area contributed by atoms with Gasteiger partial charge in [0.15, 0.2) is 6.29 Å². The molecule has 0 radical (unpaired) electrons. The zero-order chi connectivity index (χ0) is 15.7. The molecule has 0 amide bonds. The summed E-state index contributed by atoms with van der Waals surface area (Å²) in [5, 5.41) is 39.3. The van der Waals surface area contributed by atoms with Crippen LogP contribution in [0.5, 0.6) is 5.75 Å². The number of aliphatic hydroxyl groups excluding tert-OH is 4. The topological polar surface area (TPSA) is 112 Å². The fourth-order valence-corrected chi connectivity index (χ4v) is 2.43. The Balaban J connectivity index is 1.74. The minimum Gasteiger partial charge on any atom is -0.488 e. The third-order valence-corrected chi connectivity index (χ3v) is 3.69. The Labute approximate surface area is 126 Å². The lowest BCUT2D eigenvalue weighted by Crippen LogP contribution is -2.58. The van der Waals surface area contributed by atoms with Crippen molar-refractivity contribution in [1.82, 2.24) is 4.98 Å². The minimum absolute atomic E-state index is 0.0995. The summed E-state index contributed by atoms with van der Waals surface area (Å²) in [7, 11) is 0. The van der Waals surface area contributed by atoms with Crippen LogP contribution in [0.1, 0.15) is 0 Å². The second kappa shape index (κ2) is 6.15. The number of hydrogen-bond acceptors (Lipinski definition) is 7. The number of aromatic nitrogens is 1. The summed E-state index contributed by atoms with van der Waals surface area (Å²) < 4.78 is 10.7. The lowest BCUT2D eigenvalue weighted by Gasteiger charge is -2.38. The van der Waals surface area contributed by atoms with Gasteiger partial charge >= 0.3 is 0 Å². The lowest BCUT2D eigenvalue weighted by molar-refractivity contribution is -0.285. The molecule has 0 saturated carbocycles. The summed E-state index contributed by atoms with van der Waals surface area (Å²) in [6.07, 6.45) is -5.30. The number of nitrogens with zero attached hydrogens (tertiary/aromatic N) is 1. The van der Waals surface area contributed by atoms with Crippen molar-refractivity contribution in [2.24, 2.45) is 0 Å². The van der Waals surface area contributed by atoms with Crippen molar-refractivity contribution >= 4 is 10.9 Å². The van der Waals surface area contributed by atoms with Gasteiger partial charge in [-0.1, -0.05) is 18.2 Å². The third kappa shape index (κ3) is 2.77. The van der Waals surface area contributed by atoms with Gasteiger partial charge in [-0.15, -0.1) is 0 Å². The fourth-order valence-electron chi connectivity index (χ4n) is 2.43. The van der Waals surface area contributed by atoms with E-state index in [2.05, 4.69) is 4.98 Å². The Morgan fingerprint density at radius 3 is 2.59 bits per heavy atom. The first-order chi connectivity index (χ1) is 10.6. The largest absolute Gasteiger partial charge is 0.488 e. The Morgan fingerprint density at radius 1 is 1.00 bits per heavy atom. The SMILES string of the molecule is O[C@@H]1[C@@H](O)[C@H](O)O[C@H](COc2cccc3cccnc23)[C@H]1O. The molecule has 1 fully saturated rings. The van der Waals surface area contributed by atoms with Crippen molar-refractivity contribution in [3.63, 3.8) is 0 Å². The van der Waals surface area contributed by atoms with Gasteiger partial charge in [0, 0.05) is 11.6 Å². The first kappa shape index (κ1) is 15.1. The summed E-state index contributed by atoms with van der Waals surface area (Å²) in [5.41, 5.74) is 0.663. The third-order valence-electron chi connectivity index (χ3n) is 3.69. The molecule has 0 aliphatic carbocycles. The predicted octanol–water partition coefficient (Wildman–Crippen LogP) is -0.587. The van der Waals surface area contributed by atoms with E-state index in [1.54, 1.807) is 12.3 Å². The van der Waals surface area contributed by atoms with E-state index in [0.717, 1.165) is 5.39 Å². The number of fused-ring (bicyclic) bond motifs is 1. The maximum Gasteiger partial charge on any atom is 0.184 e. The van der Waals surface area contributed by atoms with Crippen molar-refractivity contribution in [3.8, 4) is 5.75 Å². The second-order valence-corrected chi connectivity index (χ2v) is 5.18. The molecule has 7 nitrogen and oxygen atoms in total. The zero-order valence-corrected chi connectivity index (χ0v) is 11.6. The molecular weight excluding hydrogens is 290 g/mol. The molecule has 1 aliphatic heterocycles. The van der Waals surface area contributed by atoms with Crippen LogP contribution in [0.2, 0.25) is 0 Å². The monoisotopic (exact) mass is 307 g/mol. The molecule has 1 aliphatic rings. The van der Waals surface area contributed by atoms with E-state index in [0.29, 0.717) is 11.3 Å². The summed E-state index contributed by atoms with van der Waals surface area (Å²) >= 11 is 0. The van der Waals surface area contributed by atoms with Crippen LogP contribution in [-0.2, 0) is 4.74 Å². The van der Waals surface area contributed by atoms with Crippen LogP contribution >= 0.6 is 0 Å². The van der Waals surface area contributed by atoms with Gasteiger partial charge in [0.05, 0.1) is 0 Å². The summed E-state index contributed by atoms with van der Waals surface area (Å²) in [6.45, 7) is -0.0995. The first-order valence-electron chi connectivity index (χ1n) is 6.92. The Hall–Kier alpha value is -1.77. The molecule has 0 unspecified atom stereocenters. The van der Waals surface area contributed by atoms with Crippen LogP contribution in [0.25, 0.3) is 10.9 Å². The van der Waals surface area contributed by atoms with E-state index in [1.807, 2.05) is 24.3 Å².